The van der Waals surface area contributed by atoms with Crippen LogP contribution < -0.4 is 5.32 Å². The number of carbonyl (C=O) groups excluding carboxylic acids is 1. The van der Waals surface area contributed by atoms with Crippen molar-refractivity contribution in [1.82, 2.24) is 5.32 Å². The van der Waals surface area contributed by atoms with Crippen molar-refractivity contribution < 1.29 is 14.3 Å². The highest BCUT2D eigenvalue weighted by molar-refractivity contribution is 5.96. The number of benzene rings is 1. The molecule has 0 saturated carbocycles. The van der Waals surface area contributed by atoms with Gasteiger partial charge in [-0.3, -0.25) is 4.79 Å². The van der Waals surface area contributed by atoms with Gasteiger partial charge < -0.3 is 14.8 Å². The molecular weight excluding hydrogens is 218 g/mol. The van der Waals surface area contributed by atoms with Crippen LogP contribution in [0.1, 0.15) is 29.1 Å². The van der Waals surface area contributed by atoms with E-state index in [1.807, 2.05) is 6.92 Å². The van der Waals surface area contributed by atoms with Gasteiger partial charge in [-0.15, -0.1) is 0 Å². The SMILES string of the molecule is CC(NC(=O)c1ccccc1O)c1ccco1. The number of hydrogen-bond donors (Lipinski definition) is 2. The average molecular weight is 231 g/mol. The van der Waals surface area contributed by atoms with E-state index in [0.29, 0.717) is 5.76 Å². The Morgan fingerprint density at radius 2 is 2.06 bits per heavy atom. The Morgan fingerprint density at radius 3 is 2.71 bits per heavy atom. The first-order valence-electron chi connectivity index (χ1n) is 5.30. The van der Waals surface area contributed by atoms with Gasteiger partial charge >= 0.3 is 0 Å². The highest BCUT2D eigenvalue weighted by atomic mass is 16.3. The molecule has 4 nitrogen and oxygen atoms in total. The molecule has 0 radical (unpaired) electrons. The molecule has 17 heavy (non-hydrogen) atoms. The second-order valence-corrected chi connectivity index (χ2v) is 3.73. The molecule has 0 saturated heterocycles. The quantitative estimate of drug-likeness (QED) is 0.853. The standard InChI is InChI=1S/C13H13NO3/c1-9(12-7-4-8-17-12)14-13(16)10-5-2-3-6-11(10)15/h2-9,15H,1H3,(H,14,16). The molecule has 1 aromatic carbocycles. The minimum absolute atomic E-state index is 0.0309. The summed E-state index contributed by atoms with van der Waals surface area (Å²) >= 11 is 0. The van der Waals surface area contributed by atoms with Crippen LogP contribution in [0.2, 0.25) is 0 Å². The number of amides is 1. The van der Waals surface area contributed by atoms with E-state index in [4.69, 9.17) is 4.42 Å². The lowest BCUT2D eigenvalue weighted by Crippen LogP contribution is -2.26. The van der Waals surface area contributed by atoms with E-state index < -0.39 is 0 Å². The Labute approximate surface area is 98.9 Å². The Hall–Kier alpha value is -2.23. The Kier molecular flexibility index (Phi) is 3.14. The number of nitrogens with one attached hydrogen (secondary N) is 1. The number of phenols is 1. The fraction of sp³-hybridized carbons (Fsp3) is 0.154. The summed E-state index contributed by atoms with van der Waals surface area (Å²) in [7, 11) is 0. The zero-order valence-corrected chi connectivity index (χ0v) is 9.38. The van der Waals surface area contributed by atoms with Crippen LogP contribution in [-0.4, -0.2) is 11.0 Å². The van der Waals surface area contributed by atoms with Crippen LogP contribution in [0.15, 0.2) is 47.1 Å². The summed E-state index contributed by atoms with van der Waals surface area (Å²) in [4.78, 5) is 11.9. The molecule has 0 aliphatic heterocycles. The zero-order chi connectivity index (χ0) is 12.3. The van der Waals surface area contributed by atoms with Gasteiger partial charge in [-0.1, -0.05) is 12.1 Å². The van der Waals surface area contributed by atoms with Crippen molar-refractivity contribution in [2.45, 2.75) is 13.0 Å². The first-order valence-corrected chi connectivity index (χ1v) is 5.30. The Bertz CT molecular complexity index is 505. The van der Waals surface area contributed by atoms with E-state index in [9.17, 15) is 9.90 Å². The predicted octanol–water partition coefficient (Wildman–Crippen LogP) is 2.48. The van der Waals surface area contributed by atoms with Gasteiger partial charge in [-0.05, 0) is 31.2 Å². The first kappa shape index (κ1) is 11.3. The van der Waals surface area contributed by atoms with Crippen LogP contribution >= 0.6 is 0 Å². The Morgan fingerprint density at radius 1 is 1.29 bits per heavy atom. The molecule has 0 bridgehead atoms. The van der Waals surface area contributed by atoms with Crippen molar-refractivity contribution in [2.75, 3.05) is 0 Å². The van der Waals surface area contributed by atoms with Gasteiger partial charge in [0.05, 0.1) is 17.9 Å². The Balaban J connectivity index is 2.10. The molecule has 1 amide bonds. The summed E-state index contributed by atoms with van der Waals surface area (Å²) in [5.41, 5.74) is 0.255. The monoisotopic (exact) mass is 231 g/mol. The summed E-state index contributed by atoms with van der Waals surface area (Å²) < 4.78 is 5.19. The molecule has 2 aromatic rings. The lowest BCUT2D eigenvalue weighted by molar-refractivity contribution is 0.0932. The molecule has 1 heterocycles. The topological polar surface area (TPSA) is 62.5 Å². The number of phenolic OH excluding ortho intramolecular Hbond substituents is 1. The zero-order valence-electron chi connectivity index (χ0n) is 9.38. The van der Waals surface area contributed by atoms with Crippen LogP contribution in [-0.2, 0) is 0 Å². The smallest absolute Gasteiger partial charge is 0.255 e. The van der Waals surface area contributed by atoms with E-state index in [0.717, 1.165) is 0 Å². The average Bonchev–Trinajstić information content (AvgIpc) is 2.82. The third-order valence-electron chi connectivity index (χ3n) is 2.47. The number of rotatable bonds is 3. The first-order chi connectivity index (χ1) is 8.18. The minimum Gasteiger partial charge on any atom is -0.507 e. The van der Waals surface area contributed by atoms with Crippen LogP contribution in [0.5, 0.6) is 5.75 Å². The molecule has 1 atom stereocenters. The molecule has 0 aliphatic rings. The molecule has 1 unspecified atom stereocenters. The second-order valence-electron chi connectivity index (χ2n) is 3.73. The molecular formula is C13H13NO3. The van der Waals surface area contributed by atoms with E-state index in [-0.39, 0.29) is 23.3 Å². The fourth-order valence-electron chi connectivity index (χ4n) is 1.55. The summed E-state index contributed by atoms with van der Waals surface area (Å²) in [5.74, 6) is 0.317. The largest absolute Gasteiger partial charge is 0.507 e. The maximum Gasteiger partial charge on any atom is 0.255 e. The maximum atomic E-state index is 11.9. The van der Waals surface area contributed by atoms with E-state index in [1.54, 1.807) is 36.6 Å². The van der Waals surface area contributed by atoms with Gasteiger partial charge in [0.15, 0.2) is 0 Å². The lowest BCUT2D eigenvalue weighted by Gasteiger charge is -2.11. The van der Waals surface area contributed by atoms with Gasteiger partial charge in [0.2, 0.25) is 0 Å². The molecule has 0 spiro atoms. The summed E-state index contributed by atoms with van der Waals surface area (Å²) in [6.45, 7) is 1.82. The van der Waals surface area contributed by atoms with Gasteiger partial charge in [0.25, 0.3) is 5.91 Å². The summed E-state index contributed by atoms with van der Waals surface area (Å²) in [6.07, 6.45) is 1.55. The normalized spacial score (nSPS) is 12.1. The number of hydrogen-bond acceptors (Lipinski definition) is 3. The van der Waals surface area contributed by atoms with Crippen LogP contribution in [0.4, 0.5) is 0 Å². The van der Waals surface area contributed by atoms with Crippen molar-refractivity contribution in [3.05, 3.63) is 54.0 Å². The molecule has 1 aromatic heterocycles. The van der Waals surface area contributed by atoms with E-state index in [2.05, 4.69) is 5.32 Å². The van der Waals surface area contributed by atoms with Crippen molar-refractivity contribution in [1.29, 1.82) is 0 Å². The van der Waals surface area contributed by atoms with Crippen molar-refractivity contribution in [3.63, 3.8) is 0 Å². The number of carbonyl (C=O) groups is 1. The molecule has 2 N–H and O–H groups in total. The fourth-order valence-corrected chi connectivity index (χ4v) is 1.55. The molecule has 4 heteroatoms. The van der Waals surface area contributed by atoms with Crippen molar-refractivity contribution in [2.24, 2.45) is 0 Å². The summed E-state index contributed by atoms with van der Waals surface area (Å²) in [5, 5.41) is 12.3. The van der Waals surface area contributed by atoms with Crippen LogP contribution in [0, 0.1) is 0 Å². The third-order valence-corrected chi connectivity index (χ3v) is 2.47. The predicted molar refractivity (Wildman–Crippen MR) is 62.7 cm³/mol. The highest BCUT2D eigenvalue weighted by Gasteiger charge is 2.15. The van der Waals surface area contributed by atoms with Crippen LogP contribution in [0.3, 0.4) is 0 Å². The van der Waals surface area contributed by atoms with Gasteiger partial charge in [-0.2, -0.15) is 0 Å². The molecule has 0 aliphatic carbocycles. The highest BCUT2D eigenvalue weighted by Crippen LogP contribution is 2.18. The third kappa shape index (κ3) is 2.47. The van der Waals surface area contributed by atoms with Crippen molar-refractivity contribution in [3.8, 4) is 5.75 Å². The minimum atomic E-state index is -0.327. The maximum absolute atomic E-state index is 11.9. The summed E-state index contributed by atoms with van der Waals surface area (Å²) in [6, 6.07) is 9.73. The second kappa shape index (κ2) is 4.74. The molecule has 2 rings (SSSR count). The van der Waals surface area contributed by atoms with Gasteiger partial charge in [0, 0.05) is 0 Å². The van der Waals surface area contributed by atoms with E-state index in [1.165, 1.54) is 6.07 Å². The molecule has 88 valence electrons. The van der Waals surface area contributed by atoms with Gasteiger partial charge in [0.1, 0.15) is 11.5 Å². The van der Waals surface area contributed by atoms with Crippen LogP contribution in [0.25, 0.3) is 0 Å². The van der Waals surface area contributed by atoms with Gasteiger partial charge in [-0.25, -0.2) is 0 Å². The number of para-hydroxylation sites is 1. The molecule has 0 fully saturated rings. The number of furan rings is 1. The van der Waals surface area contributed by atoms with Crippen molar-refractivity contribution >= 4 is 5.91 Å². The lowest BCUT2D eigenvalue weighted by atomic mass is 10.1. The number of aromatic hydroxyl groups is 1. The van der Waals surface area contributed by atoms with E-state index >= 15 is 0 Å².